The van der Waals surface area contributed by atoms with Crippen molar-refractivity contribution in [3.63, 3.8) is 0 Å². The van der Waals surface area contributed by atoms with E-state index in [0.717, 1.165) is 11.1 Å². The minimum absolute atomic E-state index is 0.983. The van der Waals surface area contributed by atoms with Gasteiger partial charge in [-0.3, -0.25) is 5.43 Å². The molecule has 0 amide bonds. The molecular weight excluding hydrogens is 148 g/mol. The summed E-state index contributed by atoms with van der Waals surface area (Å²) in [5.74, 6) is 0. The predicted molar refractivity (Wildman–Crippen MR) is 55.0 cm³/mol. The van der Waals surface area contributed by atoms with E-state index in [-0.39, 0.29) is 0 Å². The standard InChI is InChI=1S/C8H10N2.C2H6/c1-7-3-4-9-10-6-8(2)5-7;1-2/h3-6,9H,1H2,2H3;1-2H3/b4-3-,8-5-,10-6-;. The van der Waals surface area contributed by atoms with Gasteiger partial charge in [0.2, 0.25) is 0 Å². The summed E-state index contributed by atoms with van der Waals surface area (Å²) in [5, 5.41) is 3.88. The maximum atomic E-state index is 3.88. The average molecular weight is 164 g/mol. The zero-order valence-corrected chi connectivity index (χ0v) is 7.96. The third-order valence-corrected chi connectivity index (χ3v) is 1.13. The van der Waals surface area contributed by atoms with Crippen LogP contribution >= 0.6 is 0 Å². The first-order valence-corrected chi connectivity index (χ1v) is 4.11. The van der Waals surface area contributed by atoms with E-state index >= 15 is 0 Å². The van der Waals surface area contributed by atoms with E-state index in [1.165, 1.54) is 0 Å². The van der Waals surface area contributed by atoms with Crippen molar-refractivity contribution in [2.45, 2.75) is 20.8 Å². The van der Waals surface area contributed by atoms with Crippen LogP contribution in [0.1, 0.15) is 20.8 Å². The highest BCUT2D eigenvalue weighted by Crippen LogP contribution is 2.00. The van der Waals surface area contributed by atoms with Gasteiger partial charge in [-0.2, -0.15) is 5.10 Å². The van der Waals surface area contributed by atoms with Crippen LogP contribution in [0.25, 0.3) is 0 Å². The predicted octanol–water partition coefficient (Wildman–Crippen LogP) is 2.62. The molecule has 0 radical (unpaired) electrons. The fourth-order valence-corrected chi connectivity index (χ4v) is 0.704. The van der Waals surface area contributed by atoms with Crippen LogP contribution in [0.3, 0.4) is 0 Å². The molecule has 0 aliphatic carbocycles. The Hall–Kier alpha value is -1.31. The highest BCUT2D eigenvalue weighted by Gasteiger charge is 1.87. The molecule has 0 aromatic heterocycles. The van der Waals surface area contributed by atoms with E-state index in [9.17, 15) is 0 Å². The highest BCUT2D eigenvalue weighted by atomic mass is 15.3. The highest BCUT2D eigenvalue weighted by molar-refractivity contribution is 5.78. The van der Waals surface area contributed by atoms with Gasteiger partial charge in [0.1, 0.15) is 0 Å². The van der Waals surface area contributed by atoms with Gasteiger partial charge < -0.3 is 0 Å². The Morgan fingerprint density at radius 3 is 2.75 bits per heavy atom. The smallest absolute Gasteiger partial charge is 0.0501 e. The maximum Gasteiger partial charge on any atom is 0.0501 e. The fraction of sp³-hybridized carbons (Fsp3) is 0.300. The van der Waals surface area contributed by atoms with Gasteiger partial charge in [0.25, 0.3) is 0 Å². The summed E-state index contributed by atoms with van der Waals surface area (Å²) >= 11 is 0. The Labute approximate surface area is 74.4 Å². The Bertz CT molecular complexity index is 222. The summed E-state index contributed by atoms with van der Waals surface area (Å²) in [6.07, 6.45) is 7.36. The Kier molecular flexibility index (Phi) is 5.70. The Balaban J connectivity index is 0.000000561. The first-order valence-electron chi connectivity index (χ1n) is 4.11. The minimum atomic E-state index is 0.983. The molecular formula is C10H16N2. The fourth-order valence-electron chi connectivity index (χ4n) is 0.704. The first kappa shape index (κ1) is 10.7. The number of hydrazone groups is 1. The van der Waals surface area contributed by atoms with Crippen LogP contribution in [0.5, 0.6) is 0 Å². The molecule has 0 atom stereocenters. The molecule has 2 heteroatoms. The van der Waals surface area contributed by atoms with Gasteiger partial charge in [0, 0.05) is 6.20 Å². The van der Waals surface area contributed by atoms with E-state index in [2.05, 4.69) is 17.1 Å². The van der Waals surface area contributed by atoms with Crippen molar-refractivity contribution in [2.75, 3.05) is 0 Å². The third kappa shape index (κ3) is 4.50. The molecule has 1 rings (SSSR count). The summed E-state index contributed by atoms with van der Waals surface area (Å²) in [4.78, 5) is 0. The van der Waals surface area contributed by atoms with Crippen LogP contribution in [0, 0.1) is 0 Å². The number of rotatable bonds is 0. The molecule has 1 aliphatic heterocycles. The van der Waals surface area contributed by atoms with Gasteiger partial charge in [0.05, 0.1) is 6.21 Å². The van der Waals surface area contributed by atoms with Crippen molar-refractivity contribution in [1.82, 2.24) is 5.43 Å². The van der Waals surface area contributed by atoms with E-state index in [1.54, 1.807) is 12.4 Å². The number of hydrogen-bond donors (Lipinski definition) is 1. The van der Waals surface area contributed by atoms with Crippen molar-refractivity contribution in [3.8, 4) is 0 Å². The molecule has 0 aromatic rings. The molecule has 66 valence electrons. The lowest BCUT2D eigenvalue weighted by atomic mass is 10.2. The van der Waals surface area contributed by atoms with Gasteiger partial charge in [0.15, 0.2) is 0 Å². The molecule has 12 heavy (non-hydrogen) atoms. The lowest BCUT2D eigenvalue weighted by Crippen LogP contribution is -1.96. The summed E-state index contributed by atoms with van der Waals surface area (Å²) < 4.78 is 0. The second kappa shape index (κ2) is 6.40. The van der Waals surface area contributed by atoms with Gasteiger partial charge in [-0.05, 0) is 24.1 Å². The topological polar surface area (TPSA) is 24.4 Å². The quantitative estimate of drug-likeness (QED) is 0.584. The zero-order valence-electron chi connectivity index (χ0n) is 7.96. The van der Waals surface area contributed by atoms with Gasteiger partial charge in [-0.1, -0.05) is 26.5 Å². The normalized spacial score (nSPS) is 24.6. The SMILES string of the molecule is C=C1/C=C\N/N=C\C(C)=C/1.CC. The molecule has 0 bridgehead atoms. The van der Waals surface area contributed by atoms with E-state index in [1.807, 2.05) is 32.9 Å². The maximum absolute atomic E-state index is 3.88. The van der Waals surface area contributed by atoms with Crippen molar-refractivity contribution in [3.05, 3.63) is 36.1 Å². The van der Waals surface area contributed by atoms with Crippen LogP contribution in [0.4, 0.5) is 0 Å². The molecule has 1 heterocycles. The second-order valence-corrected chi connectivity index (χ2v) is 2.18. The summed E-state index contributed by atoms with van der Waals surface area (Å²) in [6.45, 7) is 9.78. The summed E-state index contributed by atoms with van der Waals surface area (Å²) in [7, 11) is 0. The van der Waals surface area contributed by atoms with Crippen LogP contribution in [0.15, 0.2) is 41.2 Å². The van der Waals surface area contributed by atoms with Crippen LogP contribution < -0.4 is 5.43 Å². The van der Waals surface area contributed by atoms with Crippen molar-refractivity contribution in [2.24, 2.45) is 5.10 Å². The van der Waals surface area contributed by atoms with E-state index in [0.29, 0.717) is 0 Å². The molecule has 0 spiro atoms. The molecule has 0 unspecified atom stereocenters. The van der Waals surface area contributed by atoms with Crippen molar-refractivity contribution in [1.29, 1.82) is 0 Å². The number of allylic oxidation sites excluding steroid dienone is 4. The number of nitrogens with zero attached hydrogens (tertiary/aromatic N) is 1. The number of nitrogens with one attached hydrogen (secondary N) is 1. The molecule has 2 nitrogen and oxygen atoms in total. The molecule has 0 aromatic carbocycles. The largest absolute Gasteiger partial charge is 0.286 e. The van der Waals surface area contributed by atoms with Crippen LogP contribution in [-0.2, 0) is 0 Å². The summed E-state index contributed by atoms with van der Waals surface area (Å²) in [6, 6.07) is 0. The van der Waals surface area contributed by atoms with E-state index < -0.39 is 0 Å². The monoisotopic (exact) mass is 164 g/mol. The summed E-state index contributed by atoms with van der Waals surface area (Å²) in [5.41, 5.74) is 4.82. The van der Waals surface area contributed by atoms with Gasteiger partial charge >= 0.3 is 0 Å². The minimum Gasteiger partial charge on any atom is -0.286 e. The average Bonchev–Trinajstić information content (AvgIpc) is 2.04. The van der Waals surface area contributed by atoms with Crippen molar-refractivity contribution >= 4 is 6.21 Å². The Morgan fingerprint density at radius 1 is 1.42 bits per heavy atom. The Morgan fingerprint density at radius 2 is 2.08 bits per heavy atom. The van der Waals surface area contributed by atoms with Gasteiger partial charge in [-0.25, -0.2) is 0 Å². The molecule has 1 aliphatic rings. The molecule has 1 N–H and O–H groups in total. The van der Waals surface area contributed by atoms with Gasteiger partial charge in [-0.15, -0.1) is 0 Å². The molecule has 0 fully saturated rings. The molecule has 0 saturated heterocycles. The van der Waals surface area contributed by atoms with E-state index in [4.69, 9.17) is 0 Å². The third-order valence-electron chi connectivity index (χ3n) is 1.13. The zero-order chi connectivity index (χ0) is 9.40. The van der Waals surface area contributed by atoms with Crippen molar-refractivity contribution < 1.29 is 0 Å². The first-order chi connectivity index (χ1) is 5.79. The lowest BCUT2D eigenvalue weighted by molar-refractivity contribution is 0.971. The van der Waals surface area contributed by atoms with Crippen LogP contribution in [-0.4, -0.2) is 6.21 Å². The second-order valence-electron chi connectivity index (χ2n) is 2.18. The van der Waals surface area contributed by atoms with Crippen LogP contribution in [0.2, 0.25) is 0 Å². The number of hydrogen-bond acceptors (Lipinski definition) is 2. The molecule has 0 saturated carbocycles. The lowest BCUT2D eigenvalue weighted by Gasteiger charge is -1.97.